The largest absolute Gasteiger partial charge is 0.476 e. The fourth-order valence-corrected chi connectivity index (χ4v) is 1.13. The Bertz CT molecular complexity index is 407. The lowest BCUT2D eigenvalue weighted by atomic mass is 10.0. The molecule has 0 saturated heterocycles. The quantitative estimate of drug-likeness (QED) is 0.804. The smallest absolute Gasteiger partial charge is 0.405 e. The molecule has 4 nitrogen and oxygen atoms in total. The maximum Gasteiger partial charge on any atom is 0.405 e. The number of carbonyl (C=O) groups is 1. The first-order chi connectivity index (χ1) is 7.53. The minimum absolute atomic E-state index is 0.202. The number of nitrogens with one attached hydrogen (secondary N) is 1. The highest BCUT2D eigenvalue weighted by molar-refractivity contribution is 5.85. The van der Waals surface area contributed by atoms with Gasteiger partial charge in [0.15, 0.2) is 11.6 Å². The minimum Gasteiger partial charge on any atom is -0.476 e. The lowest BCUT2D eigenvalue weighted by Crippen LogP contribution is -2.34. The molecular weight excluding hydrogens is 258 g/mol. The van der Waals surface area contributed by atoms with Crippen molar-refractivity contribution in [1.29, 1.82) is 0 Å². The van der Waals surface area contributed by atoms with Gasteiger partial charge in [-0.05, 0) is 6.07 Å². The molecule has 0 bridgehead atoms. The molecule has 2 N–H and O–H groups in total. The van der Waals surface area contributed by atoms with E-state index in [2.05, 4.69) is 5.10 Å². The molecule has 0 aliphatic carbocycles. The van der Waals surface area contributed by atoms with Gasteiger partial charge in [0.05, 0.1) is 5.69 Å². The summed E-state index contributed by atoms with van der Waals surface area (Å²) >= 11 is 0. The van der Waals surface area contributed by atoms with Crippen LogP contribution >= 0.6 is 0 Å². The van der Waals surface area contributed by atoms with Crippen LogP contribution in [0, 0.1) is 0 Å². The zero-order valence-corrected chi connectivity index (χ0v) is 7.73. The van der Waals surface area contributed by atoms with E-state index in [-0.39, 0.29) is 6.07 Å². The lowest BCUT2D eigenvalue weighted by Gasteiger charge is -2.21. The van der Waals surface area contributed by atoms with Gasteiger partial charge in [0.25, 0.3) is 0 Å². The minimum atomic E-state index is -5.58. The Morgan fingerprint density at radius 1 is 1.24 bits per heavy atom. The number of aromatic carboxylic acids is 1. The van der Waals surface area contributed by atoms with Gasteiger partial charge in [0.2, 0.25) is 0 Å². The van der Waals surface area contributed by atoms with Crippen LogP contribution in [0.3, 0.4) is 0 Å². The molecule has 0 spiro atoms. The van der Waals surface area contributed by atoms with E-state index in [4.69, 9.17) is 5.11 Å². The van der Waals surface area contributed by atoms with Crippen LogP contribution in [0.1, 0.15) is 22.1 Å². The summed E-state index contributed by atoms with van der Waals surface area (Å²) in [5.74, 6) is -5.51. The van der Waals surface area contributed by atoms with Crippen molar-refractivity contribution in [3.05, 3.63) is 17.5 Å². The van der Waals surface area contributed by atoms with Gasteiger partial charge < -0.3 is 5.11 Å². The fourth-order valence-electron chi connectivity index (χ4n) is 1.13. The van der Waals surface area contributed by atoms with Gasteiger partial charge in [-0.2, -0.15) is 31.4 Å². The van der Waals surface area contributed by atoms with E-state index in [0.29, 0.717) is 0 Å². The van der Waals surface area contributed by atoms with E-state index in [1.807, 2.05) is 0 Å². The van der Waals surface area contributed by atoms with Gasteiger partial charge in [0.1, 0.15) is 0 Å². The number of aromatic amines is 1. The van der Waals surface area contributed by atoms with Crippen molar-refractivity contribution in [2.75, 3.05) is 0 Å². The topological polar surface area (TPSA) is 66.0 Å². The normalized spacial score (nSPS) is 13.1. The number of carboxylic acid groups (broad SMARTS) is 1. The van der Waals surface area contributed by atoms with Gasteiger partial charge in [0, 0.05) is 0 Å². The van der Waals surface area contributed by atoms with Gasteiger partial charge in [-0.15, -0.1) is 0 Å². The van der Waals surface area contributed by atoms with E-state index in [0.717, 1.165) is 0 Å². The molecular formula is C7H4F6N2O2. The van der Waals surface area contributed by atoms with E-state index < -0.39 is 35.6 Å². The monoisotopic (exact) mass is 262 g/mol. The second-order valence-corrected chi connectivity index (χ2v) is 3.03. The Morgan fingerprint density at radius 2 is 1.71 bits per heavy atom. The fraction of sp³-hybridized carbons (Fsp3) is 0.429. The number of aromatic nitrogens is 2. The molecule has 0 amide bonds. The van der Waals surface area contributed by atoms with Crippen molar-refractivity contribution in [2.24, 2.45) is 0 Å². The maximum absolute atomic E-state index is 12.2. The summed E-state index contributed by atoms with van der Waals surface area (Å²) in [7, 11) is 0. The van der Waals surface area contributed by atoms with Crippen molar-refractivity contribution < 1.29 is 36.2 Å². The SMILES string of the molecule is O=C(O)c1cc(C(C(F)(F)F)C(F)(F)F)[nH]n1. The Morgan fingerprint density at radius 3 is 2.00 bits per heavy atom. The van der Waals surface area contributed by atoms with Gasteiger partial charge in [-0.1, -0.05) is 0 Å². The van der Waals surface area contributed by atoms with Crippen molar-refractivity contribution in [2.45, 2.75) is 18.3 Å². The van der Waals surface area contributed by atoms with Gasteiger partial charge in [-0.3, -0.25) is 5.10 Å². The first-order valence-corrected chi connectivity index (χ1v) is 3.95. The van der Waals surface area contributed by atoms with Crippen molar-refractivity contribution in [1.82, 2.24) is 10.2 Å². The van der Waals surface area contributed by atoms with Crippen LogP contribution in [0.5, 0.6) is 0 Å². The number of nitrogens with zero attached hydrogens (tertiary/aromatic N) is 1. The Hall–Kier alpha value is -1.74. The number of carboxylic acids is 1. The number of halogens is 6. The van der Waals surface area contributed by atoms with Crippen LogP contribution in [0.2, 0.25) is 0 Å². The third kappa shape index (κ3) is 2.88. The van der Waals surface area contributed by atoms with E-state index in [9.17, 15) is 31.1 Å². The zero-order valence-electron chi connectivity index (χ0n) is 7.73. The highest BCUT2D eigenvalue weighted by Gasteiger charge is 2.58. The molecule has 96 valence electrons. The third-order valence-electron chi connectivity index (χ3n) is 1.78. The molecule has 1 aromatic rings. The van der Waals surface area contributed by atoms with Crippen LogP contribution in [0.25, 0.3) is 0 Å². The number of H-pyrrole nitrogens is 1. The van der Waals surface area contributed by atoms with Crippen LogP contribution in [-0.4, -0.2) is 33.6 Å². The predicted molar refractivity (Wildman–Crippen MR) is 40.4 cm³/mol. The van der Waals surface area contributed by atoms with Crippen molar-refractivity contribution in [3.63, 3.8) is 0 Å². The first-order valence-electron chi connectivity index (χ1n) is 3.95. The molecule has 0 unspecified atom stereocenters. The lowest BCUT2D eigenvalue weighted by molar-refractivity contribution is -0.254. The van der Waals surface area contributed by atoms with Crippen molar-refractivity contribution >= 4 is 5.97 Å². The average molecular weight is 262 g/mol. The van der Waals surface area contributed by atoms with E-state index >= 15 is 0 Å². The summed E-state index contributed by atoms with van der Waals surface area (Å²) < 4.78 is 73.2. The predicted octanol–water partition coefficient (Wildman–Crippen LogP) is 2.32. The molecule has 1 heterocycles. The Balaban J connectivity index is 3.19. The van der Waals surface area contributed by atoms with E-state index in [1.54, 1.807) is 0 Å². The molecule has 0 saturated carbocycles. The molecule has 0 aliphatic heterocycles. The van der Waals surface area contributed by atoms with Crippen molar-refractivity contribution in [3.8, 4) is 0 Å². The molecule has 1 aromatic heterocycles. The van der Waals surface area contributed by atoms with E-state index in [1.165, 1.54) is 5.10 Å². The first kappa shape index (κ1) is 13.3. The third-order valence-corrected chi connectivity index (χ3v) is 1.78. The number of rotatable bonds is 2. The summed E-state index contributed by atoms with van der Waals surface area (Å²) in [4.78, 5) is 10.3. The average Bonchev–Trinajstić information content (AvgIpc) is 2.46. The molecule has 0 aromatic carbocycles. The molecule has 10 heteroatoms. The van der Waals surface area contributed by atoms with Crippen LogP contribution < -0.4 is 0 Å². The second-order valence-electron chi connectivity index (χ2n) is 3.03. The Labute approximate surface area is 89.2 Å². The summed E-state index contributed by atoms with van der Waals surface area (Å²) in [6.45, 7) is 0. The highest BCUT2D eigenvalue weighted by atomic mass is 19.4. The van der Waals surface area contributed by atoms with Crippen LogP contribution in [0.4, 0.5) is 26.3 Å². The molecule has 0 fully saturated rings. The van der Waals surface area contributed by atoms with Crippen LogP contribution in [0.15, 0.2) is 6.07 Å². The number of hydrogen-bond donors (Lipinski definition) is 2. The Kier molecular flexibility index (Phi) is 3.08. The van der Waals surface area contributed by atoms with Crippen LogP contribution in [-0.2, 0) is 0 Å². The number of alkyl halides is 6. The molecule has 0 atom stereocenters. The molecule has 0 aliphatic rings. The highest BCUT2D eigenvalue weighted by Crippen LogP contribution is 2.45. The summed E-state index contributed by atoms with van der Waals surface area (Å²) in [6, 6.07) is 0.202. The number of hydrogen-bond acceptors (Lipinski definition) is 2. The second kappa shape index (κ2) is 3.93. The molecule has 17 heavy (non-hydrogen) atoms. The summed E-state index contributed by atoms with van der Waals surface area (Å²) in [6.07, 6.45) is -11.2. The summed E-state index contributed by atoms with van der Waals surface area (Å²) in [5.41, 5.74) is -2.28. The zero-order chi connectivity index (χ0) is 13.4. The standard InChI is InChI=1S/C7H4F6N2O2/c8-6(9,10)4(7(11,12)13)2-1-3(5(16)17)15-14-2/h1,4H,(H,14,15)(H,16,17). The molecule has 0 radical (unpaired) electrons. The maximum atomic E-state index is 12.2. The van der Waals surface area contributed by atoms with Gasteiger partial charge in [-0.25, -0.2) is 4.79 Å². The van der Waals surface area contributed by atoms with Gasteiger partial charge >= 0.3 is 18.3 Å². The summed E-state index contributed by atoms with van der Waals surface area (Å²) in [5, 5.41) is 12.6. The molecule has 1 rings (SSSR count).